The molecule has 0 N–H and O–H groups in total. The van der Waals surface area contributed by atoms with Gasteiger partial charge in [-0.1, -0.05) is 32.4 Å². The van der Waals surface area contributed by atoms with Crippen molar-refractivity contribution < 1.29 is 9.21 Å². The number of carbonyl (C=O) groups is 1. The zero-order valence-corrected chi connectivity index (χ0v) is 17.1. The van der Waals surface area contributed by atoms with Gasteiger partial charge >= 0.3 is 0 Å². The number of carbonyl (C=O) groups excluding carboxylic acids is 1. The van der Waals surface area contributed by atoms with Crippen LogP contribution in [-0.2, 0) is 11.8 Å². The lowest BCUT2D eigenvalue weighted by molar-refractivity contribution is -0.120. The number of Topliss-reactive ketones (excluding diaryl/α,β-unsaturated/α-hetero) is 1. The van der Waals surface area contributed by atoms with Crippen LogP contribution in [-0.4, -0.2) is 10.4 Å². The summed E-state index contributed by atoms with van der Waals surface area (Å²) in [6.07, 6.45) is 3.23. The van der Waals surface area contributed by atoms with Crippen molar-refractivity contribution in [2.24, 2.45) is 12.5 Å². The molecule has 2 heterocycles. The number of aromatic nitrogens is 1. The van der Waals surface area contributed by atoms with Crippen molar-refractivity contribution in [2.75, 3.05) is 0 Å². The van der Waals surface area contributed by atoms with Crippen LogP contribution in [0.15, 0.2) is 45.6 Å². The van der Waals surface area contributed by atoms with E-state index < -0.39 is 5.41 Å². The van der Waals surface area contributed by atoms with E-state index in [0.29, 0.717) is 25.7 Å². The monoisotopic (exact) mass is 401 g/mol. The molecule has 3 rings (SSSR count). The van der Waals surface area contributed by atoms with E-state index in [-0.39, 0.29) is 11.3 Å². The lowest BCUT2D eigenvalue weighted by Crippen LogP contribution is -2.29. The van der Waals surface area contributed by atoms with Crippen LogP contribution in [0.2, 0.25) is 5.02 Å². The highest BCUT2D eigenvalue weighted by molar-refractivity contribution is 7.07. The summed E-state index contributed by atoms with van der Waals surface area (Å²) in [7, 11) is 1.67. The number of nitrogens with zero attached hydrogens (tertiary/aromatic N) is 1. The van der Waals surface area contributed by atoms with Crippen molar-refractivity contribution in [3.63, 3.8) is 0 Å². The SMILES string of the molecule is Cn1c(=O)/c(=C\c2ccc(-c3ccc(Cl)cc3)o2)s/c1=C\C(=O)C(C)(C)C. The highest BCUT2D eigenvalue weighted by atomic mass is 35.5. The summed E-state index contributed by atoms with van der Waals surface area (Å²) in [5.41, 5.74) is 0.263. The Morgan fingerprint density at radius 3 is 2.44 bits per heavy atom. The topological polar surface area (TPSA) is 52.2 Å². The Bertz CT molecular complexity index is 1160. The Kier molecular flexibility index (Phi) is 5.27. The molecular formula is C21H20ClNO3S. The second-order valence-electron chi connectivity index (χ2n) is 7.28. The minimum Gasteiger partial charge on any atom is -0.457 e. The molecular weight excluding hydrogens is 382 g/mol. The number of furan rings is 1. The predicted molar refractivity (Wildman–Crippen MR) is 110 cm³/mol. The molecule has 0 aliphatic carbocycles. The first-order chi connectivity index (χ1) is 12.6. The first-order valence-electron chi connectivity index (χ1n) is 8.44. The Balaban J connectivity index is 2.01. The molecule has 0 bridgehead atoms. The summed E-state index contributed by atoms with van der Waals surface area (Å²) in [6, 6.07) is 11.0. The average molecular weight is 402 g/mol. The smallest absolute Gasteiger partial charge is 0.268 e. The van der Waals surface area contributed by atoms with E-state index in [4.69, 9.17) is 16.0 Å². The number of benzene rings is 1. The van der Waals surface area contributed by atoms with Crippen molar-refractivity contribution in [2.45, 2.75) is 20.8 Å². The zero-order chi connectivity index (χ0) is 19.8. The van der Waals surface area contributed by atoms with Crippen LogP contribution in [0.3, 0.4) is 0 Å². The first kappa shape index (κ1) is 19.4. The van der Waals surface area contributed by atoms with E-state index in [1.807, 2.05) is 45.0 Å². The van der Waals surface area contributed by atoms with Gasteiger partial charge in [-0.2, -0.15) is 0 Å². The Hall–Kier alpha value is -2.37. The van der Waals surface area contributed by atoms with Gasteiger partial charge in [0.15, 0.2) is 5.78 Å². The molecule has 0 radical (unpaired) electrons. The van der Waals surface area contributed by atoms with Gasteiger partial charge in [0.05, 0.1) is 4.53 Å². The fourth-order valence-electron chi connectivity index (χ4n) is 2.37. The fourth-order valence-corrected chi connectivity index (χ4v) is 3.50. The van der Waals surface area contributed by atoms with Gasteiger partial charge in [-0.25, -0.2) is 0 Å². The first-order valence-corrected chi connectivity index (χ1v) is 9.64. The standard InChI is InChI=1S/C21H20ClNO3S/c1-21(2,3)18(24)12-19-23(4)20(25)17(27-19)11-15-9-10-16(26-15)13-5-7-14(22)8-6-13/h5-12H,1-4H3/b17-11+,19-12-. The number of ketones is 1. The molecule has 0 saturated heterocycles. The number of hydrogen-bond donors (Lipinski definition) is 0. The minimum atomic E-state index is -0.488. The summed E-state index contributed by atoms with van der Waals surface area (Å²) >= 11 is 7.18. The summed E-state index contributed by atoms with van der Waals surface area (Å²) in [5, 5.41) is 0.660. The van der Waals surface area contributed by atoms with Crippen LogP contribution in [0.5, 0.6) is 0 Å². The maximum absolute atomic E-state index is 12.5. The van der Waals surface area contributed by atoms with Crippen LogP contribution >= 0.6 is 22.9 Å². The molecule has 0 unspecified atom stereocenters. The number of thiazole rings is 1. The molecule has 0 fully saturated rings. The molecule has 0 spiro atoms. The van der Waals surface area contributed by atoms with Crippen LogP contribution in [0.4, 0.5) is 0 Å². The predicted octanol–water partition coefficient (Wildman–Crippen LogP) is 3.58. The summed E-state index contributed by atoms with van der Waals surface area (Å²) < 4.78 is 8.46. The van der Waals surface area contributed by atoms with E-state index in [2.05, 4.69) is 0 Å². The summed E-state index contributed by atoms with van der Waals surface area (Å²) in [4.78, 5) is 24.7. The number of hydrogen-bond acceptors (Lipinski definition) is 4. The van der Waals surface area contributed by atoms with Crippen molar-refractivity contribution in [1.82, 2.24) is 4.57 Å². The van der Waals surface area contributed by atoms with E-state index in [1.165, 1.54) is 22.0 Å². The van der Waals surface area contributed by atoms with Crippen molar-refractivity contribution in [1.29, 1.82) is 0 Å². The normalized spacial score (nSPS) is 13.4. The van der Waals surface area contributed by atoms with Crippen LogP contribution < -0.4 is 14.8 Å². The maximum atomic E-state index is 12.5. The third-order valence-corrected chi connectivity index (χ3v) is 5.45. The molecule has 140 valence electrons. The van der Waals surface area contributed by atoms with Gasteiger partial charge in [-0.05, 0) is 36.4 Å². The largest absolute Gasteiger partial charge is 0.457 e. The Morgan fingerprint density at radius 1 is 1.15 bits per heavy atom. The molecule has 0 saturated carbocycles. The maximum Gasteiger partial charge on any atom is 0.268 e. The van der Waals surface area contributed by atoms with E-state index in [9.17, 15) is 9.59 Å². The lowest BCUT2D eigenvalue weighted by Gasteiger charge is -2.12. The molecule has 4 nitrogen and oxygen atoms in total. The molecule has 27 heavy (non-hydrogen) atoms. The molecule has 0 atom stereocenters. The van der Waals surface area contributed by atoms with Crippen molar-refractivity contribution in [3.05, 3.63) is 66.7 Å². The second kappa shape index (κ2) is 7.33. The number of rotatable bonds is 3. The third-order valence-electron chi connectivity index (χ3n) is 4.08. The molecule has 3 aromatic rings. The molecule has 6 heteroatoms. The van der Waals surface area contributed by atoms with E-state index in [1.54, 1.807) is 25.3 Å². The van der Waals surface area contributed by atoms with Crippen molar-refractivity contribution >= 4 is 40.9 Å². The number of halogens is 1. The highest BCUT2D eigenvalue weighted by Gasteiger charge is 2.19. The highest BCUT2D eigenvalue weighted by Crippen LogP contribution is 2.24. The van der Waals surface area contributed by atoms with Gasteiger partial charge in [0.25, 0.3) is 5.56 Å². The fraction of sp³-hybridized carbons (Fsp3) is 0.238. The van der Waals surface area contributed by atoms with E-state index >= 15 is 0 Å². The molecule has 0 aliphatic heterocycles. The Labute approximate surface area is 166 Å². The molecule has 2 aromatic heterocycles. The van der Waals surface area contributed by atoms with Gasteiger partial charge in [-0.15, -0.1) is 11.3 Å². The minimum absolute atomic E-state index is 0.0195. The summed E-state index contributed by atoms with van der Waals surface area (Å²) in [5.74, 6) is 1.25. The van der Waals surface area contributed by atoms with E-state index in [0.717, 1.165) is 5.56 Å². The van der Waals surface area contributed by atoms with Crippen LogP contribution in [0, 0.1) is 5.41 Å². The molecule has 0 aliphatic rings. The van der Waals surface area contributed by atoms with Crippen LogP contribution in [0.1, 0.15) is 26.5 Å². The van der Waals surface area contributed by atoms with Gasteiger partial charge < -0.3 is 8.98 Å². The molecule has 0 amide bonds. The lowest BCUT2D eigenvalue weighted by atomic mass is 9.91. The quantitative estimate of drug-likeness (QED) is 0.674. The second-order valence-corrected chi connectivity index (χ2v) is 8.78. The average Bonchev–Trinajstić information content (AvgIpc) is 3.16. The van der Waals surface area contributed by atoms with Crippen molar-refractivity contribution in [3.8, 4) is 11.3 Å². The third kappa shape index (κ3) is 4.31. The van der Waals surface area contributed by atoms with Gasteiger partial charge in [-0.3, -0.25) is 9.59 Å². The van der Waals surface area contributed by atoms with Crippen LogP contribution in [0.25, 0.3) is 23.5 Å². The summed E-state index contributed by atoms with van der Waals surface area (Å²) in [6.45, 7) is 5.56. The van der Waals surface area contributed by atoms with Gasteiger partial charge in [0, 0.05) is 35.2 Å². The molecule has 1 aromatic carbocycles. The van der Waals surface area contributed by atoms with Gasteiger partial charge in [0.1, 0.15) is 16.2 Å². The Morgan fingerprint density at radius 2 is 1.81 bits per heavy atom. The van der Waals surface area contributed by atoms with Gasteiger partial charge in [0.2, 0.25) is 0 Å². The zero-order valence-electron chi connectivity index (χ0n) is 15.6.